The van der Waals surface area contributed by atoms with Gasteiger partial charge < -0.3 is 5.32 Å². The average molecular weight is 350 g/mol. The van der Waals surface area contributed by atoms with E-state index in [-0.39, 0.29) is 11.8 Å². The number of hydrazine groups is 1. The van der Waals surface area contributed by atoms with Gasteiger partial charge in [0, 0.05) is 43.2 Å². The average Bonchev–Trinajstić information content (AvgIpc) is 3.02. The third-order valence-corrected chi connectivity index (χ3v) is 5.38. The van der Waals surface area contributed by atoms with E-state index in [4.69, 9.17) is 5.84 Å². The fourth-order valence-corrected chi connectivity index (χ4v) is 4.11. The molecule has 2 aromatic carbocycles. The number of amides is 2. The summed E-state index contributed by atoms with van der Waals surface area (Å²) in [5.74, 6) is 5.36. The predicted octanol–water partition coefficient (Wildman–Crippen LogP) is 1.25. The molecule has 4 N–H and O–H groups in total. The van der Waals surface area contributed by atoms with Gasteiger partial charge in [-0.05, 0) is 29.2 Å². The second-order valence-corrected chi connectivity index (χ2v) is 7.03. The number of fused-ring (bicyclic) bond motifs is 3. The van der Waals surface area contributed by atoms with Gasteiger partial charge in [0.15, 0.2) is 0 Å². The Morgan fingerprint density at radius 3 is 2.77 bits per heavy atom. The van der Waals surface area contributed by atoms with Crippen LogP contribution in [0.3, 0.4) is 0 Å². The lowest BCUT2D eigenvalue weighted by molar-refractivity contribution is 0.0951. The summed E-state index contributed by atoms with van der Waals surface area (Å²) in [6, 6.07) is 15.7. The molecule has 26 heavy (non-hydrogen) atoms. The summed E-state index contributed by atoms with van der Waals surface area (Å²) >= 11 is 0. The highest BCUT2D eigenvalue weighted by Crippen LogP contribution is 2.37. The van der Waals surface area contributed by atoms with Crippen molar-refractivity contribution in [1.82, 2.24) is 15.6 Å². The Balaban J connectivity index is 1.61. The molecule has 1 saturated heterocycles. The van der Waals surface area contributed by atoms with Crippen LogP contribution in [0.25, 0.3) is 0 Å². The van der Waals surface area contributed by atoms with Crippen molar-refractivity contribution in [3.05, 3.63) is 70.8 Å². The molecule has 2 aliphatic rings. The van der Waals surface area contributed by atoms with Crippen molar-refractivity contribution in [3.8, 4) is 0 Å². The van der Waals surface area contributed by atoms with Gasteiger partial charge in [-0.15, -0.1) is 0 Å². The van der Waals surface area contributed by atoms with E-state index in [0.29, 0.717) is 23.6 Å². The summed E-state index contributed by atoms with van der Waals surface area (Å²) in [4.78, 5) is 26.7. The summed E-state index contributed by atoms with van der Waals surface area (Å²) in [6.45, 7) is 3.42. The number of nitrogens with two attached hydrogens (primary N) is 1. The lowest BCUT2D eigenvalue weighted by atomic mass is 9.86. The van der Waals surface area contributed by atoms with Gasteiger partial charge >= 0.3 is 0 Å². The minimum atomic E-state index is -0.390. The Bertz CT molecular complexity index is 837. The molecule has 2 aliphatic heterocycles. The van der Waals surface area contributed by atoms with Gasteiger partial charge in [0.25, 0.3) is 11.8 Å². The fourth-order valence-electron chi connectivity index (χ4n) is 4.11. The Labute approximate surface area is 152 Å². The number of hydrogen-bond acceptors (Lipinski definition) is 4. The van der Waals surface area contributed by atoms with Crippen LogP contribution < -0.4 is 16.6 Å². The number of likely N-dealkylation sites (tertiary alicyclic amines) is 1. The normalized spacial score (nSPS) is 22.1. The van der Waals surface area contributed by atoms with Gasteiger partial charge in [-0.2, -0.15) is 0 Å². The minimum absolute atomic E-state index is 0.115. The molecular weight excluding hydrogens is 328 g/mol. The first kappa shape index (κ1) is 16.8. The maximum absolute atomic E-state index is 12.5. The topological polar surface area (TPSA) is 87.5 Å². The van der Waals surface area contributed by atoms with Crippen molar-refractivity contribution in [1.29, 1.82) is 0 Å². The van der Waals surface area contributed by atoms with Crippen LogP contribution >= 0.6 is 0 Å². The zero-order valence-electron chi connectivity index (χ0n) is 14.4. The number of benzene rings is 2. The van der Waals surface area contributed by atoms with E-state index >= 15 is 0 Å². The molecule has 2 heterocycles. The van der Waals surface area contributed by atoms with Gasteiger partial charge in [-0.3, -0.25) is 19.9 Å². The van der Waals surface area contributed by atoms with Crippen molar-refractivity contribution in [2.45, 2.75) is 12.5 Å². The van der Waals surface area contributed by atoms with Crippen molar-refractivity contribution in [2.75, 3.05) is 19.6 Å². The lowest BCUT2D eigenvalue weighted by Gasteiger charge is -2.18. The molecule has 2 amide bonds. The third-order valence-electron chi connectivity index (χ3n) is 5.38. The fraction of sp³-hybridized carbons (Fsp3) is 0.300. The first-order chi connectivity index (χ1) is 12.7. The molecule has 0 radical (unpaired) electrons. The van der Waals surface area contributed by atoms with Gasteiger partial charge in [0.2, 0.25) is 0 Å². The standard InChI is InChI=1S/C20H22N4O2/c21-23-19(25)14-6-7-16-17(8-14)20(26)22-9-15-11-24(12-18(15)16)10-13-4-2-1-3-5-13/h1-8,15,18H,9-12,21H2,(H,22,26)(H,23,25)/t15-,18-/m0/s1. The van der Waals surface area contributed by atoms with E-state index in [1.54, 1.807) is 12.1 Å². The molecule has 6 heteroatoms. The minimum Gasteiger partial charge on any atom is -0.352 e. The maximum atomic E-state index is 12.5. The Morgan fingerprint density at radius 2 is 2.00 bits per heavy atom. The molecule has 0 aliphatic carbocycles. The largest absolute Gasteiger partial charge is 0.352 e. The molecule has 0 bridgehead atoms. The van der Waals surface area contributed by atoms with E-state index in [0.717, 1.165) is 25.2 Å². The van der Waals surface area contributed by atoms with Crippen LogP contribution in [0.5, 0.6) is 0 Å². The summed E-state index contributed by atoms with van der Waals surface area (Å²) in [5, 5.41) is 3.01. The third kappa shape index (κ3) is 3.09. The molecule has 0 aromatic heterocycles. The number of nitrogen functional groups attached to an aromatic ring is 1. The molecule has 2 aromatic rings. The van der Waals surface area contributed by atoms with Gasteiger partial charge in [0.05, 0.1) is 0 Å². The Hall–Kier alpha value is -2.70. The zero-order valence-corrected chi connectivity index (χ0v) is 14.4. The number of carbonyl (C=O) groups excluding carboxylic acids is 2. The zero-order chi connectivity index (χ0) is 18.1. The van der Waals surface area contributed by atoms with Gasteiger partial charge in [-0.25, -0.2) is 5.84 Å². The van der Waals surface area contributed by atoms with Crippen LogP contribution in [0.1, 0.15) is 37.8 Å². The van der Waals surface area contributed by atoms with Crippen molar-refractivity contribution in [2.24, 2.45) is 11.8 Å². The van der Waals surface area contributed by atoms with E-state index < -0.39 is 5.91 Å². The summed E-state index contributed by atoms with van der Waals surface area (Å²) in [5.41, 5.74) is 5.42. The SMILES string of the molecule is NNC(=O)c1ccc2c(c1)C(=O)NC[C@H]1CN(Cc3ccccc3)C[C@H]21. The molecular formula is C20H22N4O2. The highest BCUT2D eigenvalue weighted by molar-refractivity contribution is 6.01. The van der Waals surface area contributed by atoms with Crippen molar-refractivity contribution >= 4 is 11.8 Å². The first-order valence-electron chi connectivity index (χ1n) is 8.85. The van der Waals surface area contributed by atoms with E-state index in [1.807, 2.05) is 12.1 Å². The van der Waals surface area contributed by atoms with Gasteiger partial charge in [0.1, 0.15) is 0 Å². The van der Waals surface area contributed by atoms with Crippen LogP contribution in [-0.4, -0.2) is 36.3 Å². The van der Waals surface area contributed by atoms with Crippen molar-refractivity contribution < 1.29 is 9.59 Å². The lowest BCUT2D eigenvalue weighted by Crippen LogP contribution is -2.31. The van der Waals surface area contributed by atoms with Gasteiger partial charge in [-0.1, -0.05) is 36.4 Å². The highest BCUT2D eigenvalue weighted by Gasteiger charge is 2.38. The summed E-state index contributed by atoms with van der Waals surface area (Å²) in [6.07, 6.45) is 0. The smallest absolute Gasteiger partial charge is 0.265 e. The molecule has 4 rings (SSSR count). The monoisotopic (exact) mass is 350 g/mol. The van der Waals surface area contributed by atoms with E-state index in [9.17, 15) is 9.59 Å². The van der Waals surface area contributed by atoms with Crippen LogP contribution in [0, 0.1) is 5.92 Å². The maximum Gasteiger partial charge on any atom is 0.265 e. The number of nitrogens with zero attached hydrogens (tertiary/aromatic N) is 1. The number of rotatable bonds is 3. The summed E-state index contributed by atoms with van der Waals surface area (Å²) in [7, 11) is 0. The summed E-state index contributed by atoms with van der Waals surface area (Å²) < 4.78 is 0. The van der Waals surface area contributed by atoms with E-state index in [1.165, 1.54) is 5.56 Å². The molecule has 0 unspecified atom stereocenters. The highest BCUT2D eigenvalue weighted by atomic mass is 16.2. The van der Waals surface area contributed by atoms with Crippen molar-refractivity contribution in [3.63, 3.8) is 0 Å². The van der Waals surface area contributed by atoms with Crippen LogP contribution in [0.15, 0.2) is 48.5 Å². The van der Waals surface area contributed by atoms with Crippen LogP contribution in [-0.2, 0) is 6.54 Å². The number of carbonyl (C=O) groups is 2. The molecule has 1 fully saturated rings. The predicted molar refractivity (Wildman–Crippen MR) is 98.4 cm³/mol. The first-order valence-corrected chi connectivity index (χ1v) is 8.85. The number of hydrogen-bond donors (Lipinski definition) is 3. The van der Waals surface area contributed by atoms with Crippen LogP contribution in [0.4, 0.5) is 0 Å². The van der Waals surface area contributed by atoms with Crippen LogP contribution in [0.2, 0.25) is 0 Å². The molecule has 0 spiro atoms. The second kappa shape index (κ2) is 6.90. The van der Waals surface area contributed by atoms with E-state index in [2.05, 4.69) is 39.9 Å². The number of nitrogens with one attached hydrogen (secondary N) is 2. The Kier molecular flexibility index (Phi) is 4.44. The Morgan fingerprint density at radius 1 is 1.19 bits per heavy atom. The molecule has 6 nitrogen and oxygen atoms in total. The quantitative estimate of drug-likeness (QED) is 0.442. The molecule has 2 atom stereocenters. The molecule has 0 saturated carbocycles. The molecule has 134 valence electrons. The second-order valence-electron chi connectivity index (χ2n) is 7.03.